The number of rotatable bonds is 8. The number of piperazine rings is 1. The highest BCUT2D eigenvalue weighted by atomic mass is 32.2. The van der Waals surface area contributed by atoms with E-state index in [1.54, 1.807) is 32.0 Å². The van der Waals surface area contributed by atoms with Crippen LogP contribution in [-0.4, -0.2) is 85.8 Å². The number of benzene rings is 2. The average molecular weight is 606 g/mol. The molecule has 0 aliphatic carbocycles. The monoisotopic (exact) mass is 605 g/mol. The van der Waals surface area contributed by atoms with Crippen LogP contribution in [0.2, 0.25) is 0 Å². The van der Waals surface area contributed by atoms with E-state index in [2.05, 4.69) is 56.6 Å². The van der Waals surface area contributed by atoms with E-state index in [1.807, 2.05) is 17.5 Å². The number of anilines is 5. The van der Waals surface area contributed by atoms with Gasteiger partial charge in [0, 0.05) is 56.7 Å². The number of sulfone groups is 1. The number of aromatic nitrogens is 2. The molecule has 2 fully saturated rings. The minimum atomic E-state index is -3.48. The van der Waals surface area contributed by atoms with E-state index >= 15 is 0 Å². The summed E-state index contributed by atoms with van der Waals surface area (Å²) in [6.07, 6.45) is 2.41. The summed E-state index contributed by atoms with van der Waals surface area (Å²) in [7, 11) is -1.27. The van der Waals surface area contributed by atoms with Crippen molar-refractivity contribution < 1.29 is 8.42 Å². The first-order chi connectivity index (χ1) is 20.3. The number of piperidine rings is 1. The molecular formula is C31H39N7O2S2. The molecule has 2 aliphatic heterocycles. The summed E-state index contributed by atoms with van der Waals surface area (Å²) < 4.78 is 26.9. The van der Waals surface area contributed by atoms with Crippen molar-refractivity contribution in [1.82, 2.24) is 19.8 Å². The van der Waals surface area contributed by atoms with Gasteiger partial charge in [-0.25, -0.2) is 13.4 Å². The molecule has 0 radical (unpaired) electrons. The van der Waals surface area contributed by atoms with Crippen LogP contribution < -0.4 is 15.5 Å². The Morgan fingerprint density at radius 1 is 0.881 bits per heavy atom. The minimum Gasteiger partial charge on any atom is -0.371 e. The SMILES string of the molecule is CC(C)S(=O)(=O)c1ccccc1Nc1nc(Nc2ccc(N3CCC(N4CCN(C)CC4)CC3)cc2)nc2ccsc12. The first-order valence-corrected chi connectivity index (χ1v) is 17.1. The minimum absolute atomic E-state index is 0.265. The molecule has 2 N–H and O–H groups in total. The molecule has 0 amide bonds. The standard InChI is InChI=1S/C31H39N7O2S2/c1-22(2)42(39,40)28-7-5-4-6-26(28)33-30-29-27(14-21-41-29)34-31(35-30)32-23-8-10-24(11-9-23)37-15-12-25(13-16-37)38-19-17-36(3)18-20-38/h4-11,14,21-22,25H,12-13,15-20H2,1-3H3,(H2,32,33,34,35). The Kier molecular flexibility index (Phi) is 8.35. The zero-order valence-electron chi connectivity index (χ0n) is 24.5. The molecule has 4 aromatic rings. The third kappa shape index (κ3) is 6.10. The smallest absolute Gasteiger partial charge is 0.229 e. The van der Waals surface area contributed by atoms with Gasteiger partial charge in [0.15, 0.2) is 15.7 Å². The Labute approximate surface area is 252 Å². The van der Waals surface area contributed by atoms with Gasteiger partial charge in [0.1, 0.15) is 0 Å². The first kappa shape index (κ1) is 28.9. The normalized spacial score (nSPS) is 17.7. The first-order valence-electron chi connectivity index (χ1n) is 14.7. The van der Waals surface area contributed by atoms with E-state index in [1.165, 1.54) is 56.0 Å². The van der Waals surface area contributed by atoms with Crippen molar-refractivity contribution in [3.8, 4) is 0 Å². The van der Waals surface area contributed by atoms with Crippen molar-refractivity contribution in [2.75, 3.05) is 61.8 Å². The second kappa shape index (κ2) is 12.2. The predicted octanol–water partition coefficient (Wildman–Crippen LogP) is 5.58. The van der Waals surface area contributed by atoms with Gasteiger partial charge in [0.25, 0.3) is 0 Å². The largest absolute Gasteiger partial charge is 0.371 e. The summed E-state index contributed by atoms with van der Waals surface area (Å²) in [5.74, 6) is 1.03. The third-order valence-electron chi connectivity index (χ3n) is 8.38. The molecule has 11 heteroatoms. The Balaban J connectivity index is 1.15. The van der Waals surface area contributed by atoms with Crippen LogP contribution in [-0.2, 0) is 9.84 Å². The van der Waals surface area contributed by atoms with Crippen LogP contribution in [0.25, 0.3) is 10.2 Å². The fourth-order valence-corrected chi connectivity index (χ4v) is 7.74. The highest BCUT2D eigenvalue weighted by Gasteiger charge is 2.27. The van der Waals surface area contributed by atoms with Gasteiger partial charge in [0.05, 0.1) is 26.0 Å². The highest BCUT2D eigenvalue weighted by Crippen LogP contribution is 2.34. The number of para-hydroxylation sites is 1. The topological polar surface area (TPSA) is 93.7 Å². The van der Waals surface area contributed by atoms with Crippen LogP contribution >= 0.6 is 11.3 Å². The Morgan fingerprint density at radius 2 is 1.60 bits per heavy atom. The van der Waals surface area contributed by atoms with Gasteiger partial charge in [-0.2, -0.15) is 4.98 Å². The third-order valence-corrected chi connectivity index (χ3v) is 11.5. The van der Waals surface area contributed by atoms with Gasteiger partial charge >= 0.3 is 0 Å². The summed E-state index contributed by atoms with van der Waals surface area (Å²) in [5, 5.41) is 8.09. The van der Waals surface area contributed by atoms with E-state index in [9.17, 15) is 8.42 Å². The number of hydrogen-bond acceptors (Lipinski definition) is 10. The van der Waals surface area contributed by atoms with Crippen molar-refractivity contribution >= 4 is 60.2 Å². The zero-order valence-corrected chi connectivity index (χ0v) is 26.1. The van der Waals surface area contributed by atoms with Crippen LogP contribution in [0, 0.1) is 0 Å². The molecule has 4 heterocycles. The second-order valence-corrected chi connectivity index (χ2v) is 14.9. The Morgan fingerprint density at radius 3 is 2.31 bits per heavy atom. The van der Waals surface area contributed by atoms with Crippen LogP contribution in [0.4, 0.5) is 28.8 Å². The molecule has 0 unspecified atom stereocenters. The Hall–Kier alpha value is -3.25. The molecule has 2 saturated heterocycles. The fourth-order valence-electron chi connectivity index (χ4n) is 5.76. The van der Waals surface area contributed by atoms with Crippen molar-refractivity contribution in [3.63, 3.8) is 0 Å². The maximum Gasteiger partial charge on any atom is 0.229 e. The van der Waals surface area contributed by atoms with Crippen molar-refractivity contribution in [2.24, 2.45) is 0 Å². The van der Waals surface area contributed by atoms with Gasteiger partial charge in [-0.3, -0.25) is 4.90 Å². The van der Waals surface area contributed by atoms with E-state index in [-0.39, 0.29) is 4.90 Å². The molecule has 2 aliphatic rings. The molecule has 9 nitrogen and oxygen atoms in total. The number of likely N-dealkylation sites (N-methyl/N-ethyl adjacent to an activating group) is 1. The van der Waals surface area contributed by atoms with E-state index in [0.717, 1.165) is 29.0 Å². The fraction of sp³-hybridized carbons (Fsp3) is 0.419. The van der Waals surface area contributed by atoms with Gasteiger partial charge in [0.2, 0.25) is 5.95 Å². The molecule has 2 aromatic carbocycles. The molecular weight excluding hydrogens is 567 g/mol. The lowest BCUT2D eigenvalue weighted by atomic mass is 10.0. The quantitative estimate of drug-likeness (QED) is 0.267. The van der Waals surface area contributed by atoms with Crippen molar-refractivity contribution in [3.05, 3.63) is 60.0 Å². The maximum absolute atomic E-state index is 13.0. The maximum atomic E-state index is 13.0. The molecule has 0 atom stereocenters. The van der Waals surface area contributed by atoms with Crippen molar-refractivity contribution in [2.45, 2.75) is 42.9 Å². The van der Waals surface area contributed by atoms with E-state index in [0.29, 0.717) is 23.5 Å². The summed E-state index contributed by atoms with van der Waals surface area (Å²) >= 11 is 1.52. The van der Waals surface area contributed by atoms with Gasteiger partial charge in [-0.1, -0.05) is 12.1 Å². The summed E-state index contributed by atoms with van der Waals surface area (Å²) in [4.78, 5) is 17.3. The number of hydrogen-bond donors (Lipinski definition) is 2. The number of thiophene rings is 1. The molecule has 222 valence electrons. The molecule has 0 spiro atoms. The summed E-state index contributed by atoms with van der Waals surface area (Å²) in [6, 6.07) is 18.1. The second-order valence-electron chi connectivity index (χ2n) is 11.5. The molecule has 2 aromatic heterocycles. The Bertz CT molecular complexity index is 1620. The lowest BCUT2D eigenvalue weighted by Gasteiger charge is -2.42. The van der Waals surface area contributed by atoms with Crippen LogP contribution in [0.5, 0.6) is 0 Å². The van der Waals surface area contributed by atoms with Gasteiger partial charge < -0.3 is 20.4 Å². The molecule has 42 heavy (non-hydrogen) atoms. The van der Waals surface area contributed by atoms with Crippen molar-refractivity contribution in [1.29, 1.82) is 0 Å². The lowest BCUT2D eigenvalue weighted by Crippen LogP contribution is -2.52. The van der Waals surface area contributed by atoms with E-state index in [4.69, 9.17) is 9.97 Å². The average Bonchev–Trinajstić information content (AvgIpc) is 3.47. The predicted molar refractivity (Wildman–Crippen MR) is 173 cm³/mol. The summed E-state index contributed by atoms with van der Waals surface area (Å²) in [5.41, 5.74) is 3.43. The van der Waals surface area contributed by atoms with Crippen LogP contribution in [0.15, 0.2) is 64.9 Å². The number of nitrogens with zero attached hydrogens (tertiary/aromatic N) is 5. The van der Waals surface area contributed by atoms with E-state index < -0.39 is 15.1 Å². The van der Waals surface area contributed by atoms with Gasteiger partial charge in [-0.15, -0.1) is 11.3 Å². The molecule has 0 bridgehead atoms. The number of nitrogens with one attached hydrogen (secondary N) is 2. The molecule has 0 saturated carbocycles. The summed E-state index contributed by atoms with van der Waals surface area (Å²) in [6.45, 7) is 10.2. The van der Waals surface area contributed by atoms with Gasteiger partial charge in [-0.05, 0) is 81.6 Å². The number of fused-ring (bicyclic) bond motifs is 1. The zero-order chi connectivity index (χ0) is 29.3. The molecule has 6 rings (SSSR count). The highest BCUT2D eigenvalue weighted by molar-refractivity contribution is 7.92. The van der Waals surface area contributed by atoms with Crippen LogP contribution in [0.1, 0.15) is 26.7 Å². The lowest BCUT2D eigenvalue weighted by molar-refractivity contribution is 0.0982. The van der Waals surface area contributed by atoms with Crippen LogP contribution in [0.3, 0.4) is 0 Å².